The van der Waals surface area contributed by atoms with Crippen LogP contribution in [0.15, 0.2) is 18.3 Å². The van der Waals surface area contributed by atoms with Crippen LogP contribution >= 0.6 is 0 Å². The van der Waals surface area contributed by atoms with Gasteiger partial charge in [-0.2, -0.15) is 13.2 Å². The van der Waals surface area contributed by atoms with E-state index in [2.05, 4.69) is 21.2 Å². The van der Waals surface area contributed by atoms with Gasteiger partial charge in [-0.15, -0.1) is 0 Å². The Balaban J connectivity index is 1.67. The second-order valence-corrected chi connectivity index (χ2v) is 7.58. The third-order valence-electron chi connectivity index (χ3n) is 5.56. The Kier molecular flexibility index (Phi) is 5.37. The highest BCUT2D eigenvalue weighted by Gasteiger charge is 2.64. The van der Waals surface area contributed by atoms with Crippen molar-refractivity contribution in [3.05, 3.63) is 24.0 Å². The number of anilines is 1. The number of rotatable bonds is 5. The van der Waals surface area contributed by atoms with Crippen molar-refractivity contribution in [1.29, 1.82) is 0 Å². The number of pyridine rings is 1. The number of carbonyl (C=O) groups is 2. The standard InChI is InChI=1S/C18H23F3N4O3/c1-9-10(2)17(3,18(19,20)21)28-14(9)16(27)23-12-6-7-22-13(8-12)15(26)25-24-11-4-5-11/h6-11,14,24H,4-5H2,1-3H3,(H,25,26)(H,22,23,27)/t9-,10-,14+,17+/m0/s1. The Bertz CT molecular complexity index is 769. The predicted octanol–water partition coefficient (Wildman–Crippen LogP) is 2.41. The summed E-state index contributed by atoms with van der Waals surface area (Å²) >= 11 is 0. The number of carbonyl (C=O) groups excluding carboxylic acids is 2. The fourth-order valence-corrected chi connectivity index (χ4v) is 3.16. The molecular weight excluding hydrogens is 377 g/mol. The van der Waals surface area contributed by atoms with Crippen LogP contribution in [0.3, 0.4) is 0 Å². The molecule has 1 saturated carbocycles. The lowest BCUT2D eigenvalue weighted by Gasteiger charge is -2.31. The third-order valence-corrected chi connectivity index (χ3v) is 5.56. The van der Waals surface area contributed by atoms with Gasteiger partial charge in [0.25, 0.3) is 11.8 Å². The van der Waals surface area contributed by atoms with E-state index in [0.717, 1.165) is 19.8 Å². The van der Waals surface area contributed by atoms with E-state index in [-0.39, 0.29) is 17.4 Å². The van der Waals surface area contributed by atoms with Crippen LogP contribution in [0.1, 0.15) is 44.1 Å². The maximum absolute atomic E-state index is 13.4. The molecule has 0 bridgehead atoms. The van der Waals surface area contributed by atoms with Gasteiger partial charge in [0.1, 0.15) is 11.8 Å². The number of nitrogens with one attached hydrogen (secondary N) is 3. The van der Waals surface area contributed by atoms with Crippen LogP contribution < -0.4 is 16.2 Å². The number of hydrogen-bond acceptors (Lipinski definition) is 5. The molecule has 3 N–H and O–H groups in total. The number of amides is 2. The van der Waals surface area contributed by atoms with Crippen molar-refractivity contribution in [1.82, 2.24) is 15.8 Å². The monoisotopic (exact) mass is 400 g/mol. The molecule has 28 heavy (non-hydrogen) atoms. The summed E-state index contributed by atoms with van der Waals surface area (Å²) in [7, 11) is 0. The number of alkyl halides is 3. The zero-order chi connectivity index (χ0) is 20.7. The van der Waals surface area contributed by atoms with Crippen LogP contribution in [0, 0.1) is 11.8 Å². The molecule has 2 amide bonds. The van der Waals surface area contributed by atoms with E-state index in [4.69, 9.17) is 4.74 Å². The zero-order valence-electron chi connectivity index (χ0n) is 15.8. The summed E-state index contributed by atoms with van der Waals surface area (Å²) in [5.41, 5.74) is 3.29. The predicted molar refractivity (Wildman–Crippen MR) is 94.2 cm³/mol. The van der Waals surface area contributed by atoms with Gasteiger partial charge in [0.2, 0.25) is 0 Å². The normalized spacial score (nSPS) is 30.1. The summed E-state index contributed by atoms with van der Waals surface area (Å²) in [4.78, 5) is 28.6. The smallest absolute Gasteiger partial charge is 0.352 e. The molecule has 0 radical (unpaired) electrons. The average molecular weight is 400 g/mol. The number of hydrazine groups is 1. The molecule has 154 valence electrons. The van der Waals surface area contributed by atoms with E-state index in [1.807, 2.05) is 0 Å². The molecule has 2 fully saturated rings. The second-order valence-electron chi connectivity index (χ2n) is 7.58. The van der Waals surface area contributed by atoms with E-state index >= 15 is 0 Å². The lowest BCUT2D eigenvalue weighted by atomic mass is 9.82. The Labute approximate surface area is 160 Å². The van der Waals surface area contributed by atoms with E-state index in [1.165, 1.54) is 25.3 Å². The highest BCUT2D eigenvalue weighted by atomic mass is 19.4. The summed E-state index contributed by atoms with van der Waals surface area (Å²) in [5, 5.41) is 2.52. The molecule has 1 aliphatic heterocycles. The largest absolute Gasteiger partial charge is 0.417 e. The van der Waals surface area contributed by atoms with Crippen molar-refractivity contribution >= 4 is 17.5 Å². The number of nitrogens with zero attached hydrogens (tertiary/aromatic N) is 1. The molecule has 2 heterocycles. The van der Waals surface area contributed by atoms with Crippen molar-refractivity contribution in [2.24, 2.45) is 11.8 Å². The molecule has 1 aromatic rings. The first-order valence-corrected chi connectivity index (χ1v) is 9.10. The average Bonchev–Trinajstić information content (AvgIpc) is 3.42. The highest BCUT2D eigenvalue weighted by Crippen LogP contribution is 2.49. The molecule has 0 spiro atoms. The van der Waals surface area contributed by atoms with E-state index in [1.54, 1.807) is 6.92 Å². The van der Waals surface area contributed by atoms with Crippen LogP contribution in [0.5, 0.6) is 0 Å². The first-order valence-electron chi connectivity index (χ1n) is 9.10. The van der Waals surface area contributed by atoms with Crippen LogP contribution in [-0.4, -0.2) is 40.7 Å². The minimum absolute atomic E-state index is 0.0693. The maximum Gasteiger partial charge on any atom is 0.417 e. The molecule has 10 heteroatoms. The van der Waals surface area contributed by atoms with Gasteiger partial charge in [-0.05, 0) is 43.7 Å². The molecular formula is C18H23F3N4O3. The van der Waals surface area contributed by atoms with Crippen LogP contribution in [0.2, 0.25) is 0 Å². The lowest BCUT2D eigenvalue weighted by Crippen LogP contribution is -2.47. The van der Waals surface area contributed by atoms with Crippen molar-refractivity contribution in [2.45, 2.75) is 57.5 Å². The van der Waals surface area contributed by atoms with E-state index in [0.29, 0.717) is 0 Å². The molecule has 1 aliphatic carbocycles. The van der Waals surface area contributed by atoms with Crippen molar-refractivity contribution in [3.63, 3.8) is 0 Å². The number of aromatic nitrogens is 1. The fraction of sp³-hybridized carbons (Fsp3) is 0.611. The van der Waals surface area contributed by atoms with Gasteiger partial charge in [-0.3, -0.25) is 20.0 Å². The number of ether oxygens (including phenoxy) is 1. The Morgan fingerprint density at radius 3 is 2.54 bits per heavy atom. The molecule has 4 atom stereocenters. The minimum Gasteiger partial charge on any atom is -0.352 e. The van der Waals surface area contributed by atoms with E-state index < -0.39 is 41.5 Å². The summed E-state index contributed by atoms with van der Waals surface area (Å²) in [6, 6.07) is 3.07. The maximum atomic E-state index is 13.4. The van der Waals surface area contributed by atoms with Gasteiger partial charge in [0.15, 0.2) is 5.60 Å². The van der Waals surface area contributed by atoms with Crippen LogP contribution in [0.25, 0.3) is 0 Å². The topological polar surface area (TPSA) is 92.4 Å². The molecule has 1 saturated heterocycles. The van der Waals surface area contributed by atoms with Crippen molar-refractivity contribution in [2.75, 3.05) is 5.32 Å². The summed E-state index contributed by atoms with van der Waals surface area (Å²) in [5.74, 6) is -2.69. The number of hydrogen-bond donors (Lipinski definition) is 3. The Hall–Kier alpha value is -2.20. The highest BCUT2D eigenvalue weighted by molar-refractivity contribution is 5.97. The summed E-state index contributed by atoms with van der Waals surface area (Å²) in [6.07, 6.45) is -2.55. The quantitative estimate of drug-likeness (QED) is 0.660. The zero-order valence-corrected chi connectivity index (χ0v) is 15.8. The van der Waals surface area contributed by atoms with Crippen molar-refractivity contribution in [3.8, 4) is 0 Å². The first-order chi connectivity index (χ1) is 13.0. The van der Waals surface area contributed by atoms with Gasteiger partial charge in [0, 0.05) is 17.9 Å². The number of halogens is 3. The van der Waals surface area contributed by atoms with Gasteiger partial charge in [-0.1, -0.05) is 13.8 Å². The van der Waals surface area contributed by atoms with Gasteiger partial charge >= 0.3 is 6.18 Å². The van der Waals surface area contributed by atoms with E-state index in [9.17, 15) is 22.8 Å². The fourth-order valence-electron chi connectivity index (χ4n) is 3.16. The van der Waals surface area contributed by atoms with Gasteiger partial charge in [0.05, 0.1) is 0 Å². The summed E-state index contributed by atoms with van der Waals surface area (Å²) < 4.78 is 45.4. The second kappa shape index (κ2) is 7.32. The van der Waals surface area contributed by atoms with Crippen LogP contribution in [0.4, 0.5) is 18.9 Å². The SMILES string of the molecule is C[C@@H]1[C@H](C(=O)Nc2ccnc(C(=O)NNC3CC3)c2)O[C@@](C)(C(F)(F)F)[C@H]1C. The summed E-state index contributed by atoms with van der Waals surface area (Å²) in [6.45, 7) is 3.94. The molecule has 0 aromatic carbocycles. The Morgan fingerprint density at radius 2 is 1.96 bits per heavy atom. The molecule has 7 nitrogen and oxygen atoms in total. The lowest BCUT2D eigenvalue weighted by molar-refractivity contribution is -0.272. The van der Waals surface area contributed by atoms with Gasteiger partial charge < -0.3 is 10.1 Å². The van der Waals surface area contributed by atoms with Gasteiger partial charge in [-0.25, -0.2) is 5.43 Å². The Morgan fingerprint density at radius 1 is 1.29 bits per heavy atom. The minimum atomic E-state index is -4.59. The first kappa shape index (κ1) is 20.5. The third kappa shape index (κ3) is 3.97. The van der Waals surface area contributed by atoms with Crippen molar-refractivity contribution < 1.29 is 27.5 Å². The molecule has 2 aliphatic rings. The molecule has 0 unspecified atom stereocenters. The molecule has 1 aromatic heterocycles. The molecule has 3 rings (SSSR count). The van der Waals surface area contributed by atoms with Crippen LogP contribution in [-0.2, 0) is 9.53 Å².